The van der Waals surface area contributed by atoms with Crippen LogP contribution in [0.3, 0.4) is 0 Å². The maximum absolute atomic E-state index is 14.4. The number of carbonyl (C=O) groups excluding carboxylic acids is 2. The van der Waals surface area contributed by atoms with E-state index in [-0.39, 0.29) is 11.8 Å². The molecule has 2 atom stereocenters. The molecule has 8 heteroatoms. The molecule has 1 saturated heterocycles. The molecule has 0 saturated carbocycles. The molecule has 3 aliphatic rings. The fourth-order valence-electron chi connectivity index (χ4n) is 6.17. The summed E-state index contributed by atoms with van der Waals surface area (Å²) in [4.78, 5) is 34.1. The molecule has 196 valence electrons. The Hall–Kier alpha value is -3.71. The monoisotopic (exact) mass is 531 g/mol. The number of benzene rings is 3. The van der Waals surface area contributed by atoms with Crippen LogP contribution in [0.2, 0.25) is 5.02 Å². The minimum Gasteiger partial charge on any atom is -0.493 e. The van der Waals surface area contributed by atoms with E-state index in [0.717, 1.165) is 35.5 Å². The molecule has 38 heavy (non-hydrogen) atoms. The van der Waals surface area contributed by atoms with Gasteiger partial charge in [-0.1, -0.05) is 35.9 Å². The summed E-state index contributed by atoms with van der Waals surface area (Å²) in [5.74, 6) is 0.774. The quantitative estimate of drug-likeness (QED) is 0.494. The van der Waals surface area contributed by atoms with Gasteiger partial charge in [-0.3, -0.25) is 9.59 Å². The van der Waals surface area contributed by atoms with E-state index in [4.69, 9.17) is 21.1 Å². The number of methoxy groups -OCH3 is 2. The summed E-state index contributed by atoms with van der Waals surface area (Å²) in [6, 6.07) is 18.9. The van der Waals surface area contributed by atoms with Crippen molar-refractivity contribution < 1.29 is 19.1 Å². The van der Waals surface area contributed by atoms with E-state index in [1.807, 2.05) is 70.5 Å². The van der Waals surface area contributed by atoms with Crippen LogP contribution in [-0.4, -0.2) is 68.6 Å². The van der Waals surface area contributed by atoms with Crippen LogP contribution in [0.4, 0.5) is 5.69 Å². The molecule has 0 aromatic heterocycles. The third-order valence-corrected chi connectivity index (χ3v) is 8.29. The van der Waals surface area contributed by atoms with Gasteiger partial charge in [0.15, 0.2) is 11.5 Å². The van der Waals surface area contributed by atoms with E-state index in [1.165, 1.54) is 0 Å². The molecule has 0 radical (unpaired) electrons. The first-order valence-electron chi connectivity index (χ1n) is 12.9. The molecule has 3 aliphatic heterocycles. The fraction of sp³-hybridized carbons (Fsp3) is 0.333. The second-order valence-electron chi connectivity index (χ2n) is 9.96. The second kappa shape index (κ2) is 9.87. The molecule has 3 heterocycles. The van der Waals surface area contributed by atoms with Crippen molar-refractivity contribution in [1.82, 2.24) is 9.80 Å². The van der Waals surface area contributed by atoms with Crippen molar-refractivity contribution in [2.24, 2.45) is 0 Å². The minimum atomic E-state index is -0.501. The maximum atomic E-state index is 14.4. The maximum Gasteiger partial charge on any atom is 0.254 e. The first kappa shape index (κ1) is 24.6. The number of amides is 2. The average molecular weight is 532 g/mol. The van der Waals surface area contributed by atoms with Gasteiger partial charge in [0.25, 0.3) is 5.91 Å². The molecule has 3 aromatic carbocycles. The van der Waals surface area contributed by atoms with Crippen molar-refractivity contribution >= 4 is 29.1 Å². The summed E-state index contributed by atoms with van der Waals surface area (Å²) < 4.78 is 11.2. The van der Waals surface area contributed by atoms with E-state index in [1.54, 1.807) is 14.2 Å². The summed E-state index contributed by atoms with van der Waals surface area (Å²) in [5, 5.41) is 0.701. The number of anilines is 1. The molecule has 0 unspecified atom stereocenters. The van der Waals surface area contributed by atoms with E-state index in [9.17, 15) is 9.59 Å². The van der Waals surface area contributed by atoms with Crippen molar-refractivity contribution in [1.29, 1.82) is 0 Å². The highest BCUT2D eigenvalue weighted by Gasteiger charge is 2.48. The Balaban J connectivity index is 1.37. The predicted octanol–water partition coefficient (Wildman–Crippen LogP) is 4.54. The Morgan fingerprint density at radius 3 is 2.34 bits per heavy atom. The molecule has 6 rings (SSSR count). The number of halogens is 1. The van der Waals surface area contributed by atoms with Gasteiger partial charge in [0.2, 0.25) is 5.91 Å². The summed E-state index contributed by atoms with van der Waals surface area (Å²) >= 11 is 6.21. The molecule has 3 aromatic rings. The molecule has 0 aliphatic carbocycles. The number of hydrogen-bond acceptors (Lipinski definition) is 5. The number of ether oxygens (including phenoxy) is 2. The molecule has 7 nitrogen and oxygen atoms in total. The lowest BCUT2D eigenvalue weighted by molar-refractivity contribution is -0.135. The highest BCUT2D eigenvalue weighted by Crippen LogP contribution is 2.49. The van der Waals surface area contributed by atoms with Crippen LogP contribution < -0.4 is 14.4 Å². The molecule has 1 fully saturated rings. The zero-order valence-electron chi connectivity index (χ0n) is 21.5. The number of nitrogens with zero attached hydrogens (tertiary/aromatic N) is 3. The zero-order valence-corrected chi connectivity index (χ0v) is 22.3. The third kappa shape index (κ3) is 4.06. The van der Waals surface area contributed by atoms with E-state index in [2.05, 4.69) is 4.90 Å². The van der Waals surface area contributed by atoms with Gasteiger partial charge in [0.05, 0.1) is 26.2 Å². The van der Waals surface area contributed by atoms with Crippen molar-refractivity contribution in [2.45, 2.75) is 18.4 Å². The highest BCUT2D eigenvalue weighted by atomic mass is 35.5. The Morgan fingerprint density at radius 1 is 0.868 bits per heavy atom. The third-order valence-electron chi connectivity index (χ3n) is 8.06. The summed E-state index contributed by atoms with van der Waals surface area (Å²) in [5.41, 5.74) is 4.51. The van der Waals surface area contributed by atoms with Gasteiger partial charge in [-0.15, -0.1) is 0 Å². The van der Waals surface area contributed by atoms with Crippen molar-refractivity contribution in [2.75, 3.05) is 51.8 Å². The van der Waals surface area contributed by atoms with Gasteiger partial charge in [-0.2, -0.15) is 0 Å². The Morgan fingerprint density at radius 2 is 1.61 bits per heavy atom. The van der Waals surface area contributed by atoms with Crippen molar-refractivity contribution in [3.63, 3.8) is 0 Å². The summed E-state index contributed by atoms with van der Waals surface area (Å²) in [6.07, 6.45) is 0.694. The first-order valence-corrected chi connectivity index (χ1v) is 13.3. The number of piperazine rings is 1. The molecular formula is C30H30ClN3O4. The summed E-state index contributed by atoms with van der Waals surface area (Å²) in [7, 11) is 3.23. The van der Waals surface area contributed by atoms with Crippen LogP contribution in [0.5, 0.6) is 11.5 Å². The summed E-state index contributed by atoms with van der Waals surface area (Å²) in [6.45, 7) is 3.18. The van der Waals surface area contributed by atoms with Crippen molar-refractivity contribution in [3.05, 3.63) is 87.9 Å². The average Bonchev–Trinajstić information content (AvgIpc) is 2.96. The number of hydrogen-bond donors (Lipinski definition) is 0. The van der Waals surface area contributed by atoms with Crippen LogP contribution in [0, 0.1) is 0 Å². The Kier molecular flexibility index (Phi) is 6.40. The van der Waals surface area contributed by atoms with Crippen LogP contribution in [-0.2, 0) is 11.2 Å². The van der Waals surface area contributed by atoms with Gasteiger partial charge < -0.3 is 24.2 Å². The van der Waals surface area contributed by atoms with Gasteiger partial charge >= 0.3 is 0 Å². The van der Waals surface area contributed by atoms with Crippen LogP contribution >= 0.6 is 11.6 Å². The van der Waals surface area contributed by atoms with Crippen LogP contribution in [0.15, 0.2) is 60.7 Å². The number of carbonyl (C=O) groups is 2. The van der Waals surface area contributed by atoms with Crippen LogP contribution in [0.25, 0.3) is 0 Å². The zero-order chi connectivity index (χ0) is 26.4. The van der Waals surface area contributed by atoms with E-state index >= 15 is 0 Å². The molecular weight excluding hydrogens is 502 g/mol. The van der Waals surface area contributed by atoms with E-state index < -0.39 is 12.0 Å². The molecule has 2 amide bonds. The lowest BCUT2D eigenvalue weighted by atomic mass is 9.75. The first-order chi connectivity index (χ1) is 18.5. The SMILES string of the molecule is COc1cc2c(cc1OC)[C@@H]1[C@H](C(=O)N3CCN(c4cccc(Cl)c4)CC3)c3ccccc3C(=O)N1CC2. The Bertz CT molecular complexity index is 1400. The second-order valence-corrected chi connectivity index (χ2v) is 10.4. The fourth-order valence-corrected chi connectivity index (χ4v) is 6.36. The highest BCUT2D eigenvalue weighted by molar-refractivity contribution is 6.30. The number of fused-ring (bicyclic) bond motifs is 4. The minimum absolute atomic E-state index is 0.0270. The lowest BCUT2D eigenvalue weighted by Crippen LogP contribution is -2.54. The predicted molar refractivity (Wildman–Crippen MR) is 146 cm³/mol. The van der Waals surface area contributed by atoms with Crippen LogP contribution in [0.1, 0.15) is 39.0 Å². The molecule has 0 spiro atoms. The molecule has 0 N–H and O–H groups in total. The normalized spacial score (nSPS) is 20.4. The van der Waals surface area contributed by atoms with Gasteiger partial charge in [0, 0.05) is 49.0 Å². The van der Waals surface area contributed by atoms with E-state index in [0.29, 0.717) is 48.1 Å². The molecule has 0 bridgehead atoms. The standard InChI is InChI=1S/C30H30ClN3O4/c1-37-25-16-19-10-11-34-28(24(19)18-26(25)38-2)27(22-8-3-4-9-23(22)29(34)35)30(36)33-14-12-32(13-15-33)21-7-5-6-20(31)17-21/h3-9,16-18,27-28H,10-15H2,1-2H3/t27-,28-/m1/s1. The Labute approximate surface area is 227 Å². The lowest BCUT2D eigenvalue weighted by Gasteiger charge is -2.47. The largest absolute Gasteiger partial charge is 0.493 e. The smallest absolute Gasteiger partial charge is 0.254 e. The van der Waals surface area contributed by atoms with Gasteiger partial charge in [0.1, 0.15) is 0 Å². The van der Waals surface area contributed by atoms with Gasteiger partial charge in [-0.25, -0.2) is 0 Å². The van der Waals surface area contributed by atoms with Crippen molar-refractivity contribution in [3.8, 4) is 11.5 Å². The topological polar surface area (TPSA) is 62.3 Å². The number of rotatable bonds is 4. The van der Waals surface area contributed by atoms with Gasteiger partial charge in [-0.05, 0) is 59.5 Å².